The van der Waals surface area contributed by atoms with Crippen molar-refractivity contribution in [2.24, 2.45) is 0 Å². The van der Waals surface area contributed by atoms with E-state index in [1.165, 1.54) is 17.3 Å². The number of hydrogen-bond donors (Lipinski definition) is 0. The summed E-state index contributed by atoms with van der Waals surface area (Å²) in [6.45, 7) is 4.86. The molecule has 3 rings (SSSR count). The van der Waals surface area contributed by atoms with Gasteiger partial charge in [0.2, 0.25) is 5.16 Å². The van der Waals surface area contributed by atoms with Gasteiger partial charge in [-0.05, 0) is 39.7 Å². The first kappa shape index (κ1) is 14.5. The zero-order chi connectivity index (χ0) is 15.2. The minimum absolute atomic E-state index is 0.751. The summed E-state index contributed by atoms with van der Waals surface area (Å²) in [5.74, 6) is 0. The molecule has 1 heterocycles. The molecule has 0 radical (unpaired) electrons. The van der Waals surface area contributed by atoms with Gasteiger partial charge in [-0.2, -0.15) is 0 Å². The van der Waals surface area contributed by atoms with Gasteiger partial charge in [-0.25, -0.2) is 4.68 Å². The van der Waals surface area contributed by atoms with Crippen LogP contribution in [0, 0.1) is 0 Å². The number of benzene rings is 2. The molecule has 0 aliphatic heterocycles. The molecule has 1 aromatic heterocycles. The van der Waals surface area contributed by atoms with E-state index < -0.39 is 0 Å². The molecular formula is C17H16N4S. The Labute approximate surface area is 133 Å². The van der Waals surface area contributed by atoms with Crippen LogP contribution >= 0.6 is 11.8 Å². The predicted molar refractivity (Wildman–Crippen MR) is 89.3 cm³/mol. The van der Waals surface area contributed by atoms with Gasteiger partial charge in [-0.1, -0.05) is 67.2 Å². The van der Waals surface area contributed by atoms with Gasteiger partial charge in [0.05, 0.1) is 0 Å². The summed E-state index contributed by atoms with van der Waals surface area (Å²) in [4.78, 5) is 0.941. The molecule has 0 atom stereocenters. The third-order valence-corrected chi connectivity index (χ3v) is 4.22. The molecule has 0 amide bonds. The third kappa shape index (κ3) is 3.62. The topological polar surface area (TPSA) is 43.6 Å². The van der Waals surface area contributed by atoms with Crippen LogP contribution < -0.4 is 0 Å². The van der Waals surface area contributed by atoms with Crippen molar-refractivity contribution in [2.45, 2.75) is 18.1 Å². The maximum absolute atomic E-state index is 4.11. The van der Waals surface area contributed by atoms with Gasteiger partial charge in [0.15, 0.2) is 0 Å². The van der Waals surface area contributed by atoms with Gasteiger partial charge in [0.25, 0.3) is 0 Å². The Morgan fingerprint density at radius 3 is 2.41 bits per heavy atom. The molecule has 0 saturated carbocycles. The van der Waals surface area contributed by atoms with E-state index in [1.807, 2.05) is 53.2 Å². The second-order valence-electron chi connectivity index (χ2n) is 4.81. The van der Waals surface area contributed by atoms with E-state index in [-0.39, 0.29) is 0 Å². The minimum Gasteiger partial charge on any atom is -0.220 e. The van der Waals surface area contributed by atoms with Gasteiger partial charge in [0, 0.05) is 11.4 Å². The van der Waals surface area contributed by atoms with Crippen molar-refractivity contribution in [1.82, 2.24) is 20.2 Å². The number of thioether (sulfide) groups is 1. The van der Waals surface area contributed by atoms with Crippen LogP contribution in [0.5, 0.6) is 0 Å². The Morgan fingerprint density at radius 2 is 1.68 bits per heavy atom. The Morgan fingerprint density at radius 1 is 1.00 bits per heavy atom. The van der Waals surface area contributed by atoms with E-state index in [9.17, 15) is 0 Å². The lowest BCUT2D eigenvalue weighted by Gasteiger charge is -2.06. The van der Waals surface area contributed by atoms with Crippen LogP contribution in [0.3, 0.4) is 0 Å². The van der Waals surface area contributed by atoms with E-state index in [2.05, 4.69) is 34.2 Å². The molecule has 0 fully saturated rings. The summed E-state index contributed by atoms with van der Waals surface area (Å²) in [5, 5.41) is 12.7. The largest absolute Gasteiger partial charge is 0.220 e. The summed E-state index contributed by atoms with van der Waals surface area (Å²) in [6, 6.07) is 20.4. The average Bonchev–Trinajstić information content (AvgIpc) is 3.02. The summed E-state index contributed by atoms with van der Waals surface area (Å²) in [7, 11) is 0. The average molecular weight is 308 g/mol. The van der Waals surface area contributed by atoms with Crippen LogP contribution in [0.25, 0.3) is 4.91 Å². The van der Waals surface area contributed by atoms with Crippen LogP contribution in [-0.2, 0) is 13.0 Å². The Hall–Kier alpha value is -2.40. The fourth-order valence-corrected chi connectivity index (χ4v) is 2.87. The molecule has 0 spiro atoms. The highest BCUT2D eigenvalue weighted by Gasteiger charge is 2.10. The van der Waals surface area contributed by atoms with Crippen molar-refractivity contribution in [3.8, 4) is 0 Å². The molecule has 0 unspecified atom stereocenters. The van der Waals surface area contributed by atoms with Crippen molar-refractivity contribution >= 4 is 16.7 Å². The smallest absolute Gasteiger partial charge is 0.214 e. The lowest BCUT2D eigenvalue weighted by atomic mass is 10.2. The molecule has 4 nitrogen and oxygen atoms in total. The highest BCUT2D eigenvalue weighted by Crippen LogP contribution is 2.30. The van der Waals surface area contributed by atoms with Crippen LogP contribution in [-0.4, -0.2) is 20.2 Å². The predicted octanol–water partition coefficient (Wildman–Crippen LogP) is 3.68. The van der Waals surface area contributed by atoms with E-state index >= 15 is 0 Å². The number of aromatic nitrogens is 4. The van der Waals surface area contributed by atoms with Crippen LogP contribution in [0.2, 0.25) is 0 Å². The number of nitrogens with zero attached hydrogens (tertiary/aromatic N) is 4. The molecule has 110 valence electrons. The first-order valence-corrected chi connectivity index (χ1v) is 7.87. The van der Waals surface area contributed by atoms with Gasteiger partial charge in [-0.3, -0.25) is 0 Å². The zero-order valence-electron chi connectivity index (χ0n) is 12.1. The SMILES string of the molecule is C=C(Sc1nnnn1CCc1ccccc1)c1ccccc1. The number of rotatable bonds is 6. The van der Waals surface area contributed by atoms with Gasteiger partial charge >= 0.3 is 0 Å². The van der Waals surface area contributed by atoms with E-state index in [0.717, 1.165) is 28.6 Å². The van der Waals surface area contributed by atoms with Gasteiger partial charge < -0.3 is 0 Å². The standard InChI is InChI=1S/C17H16N4S/c1-14(16-10-6-3-7-11-16)22-17-18-19-20-21(17)13-12-15-8-4-2-5-9-15/h2-11H,1,12-13H2. The van der Waals surface area contributed by atoms with Crippen LogP contribution in [0.4, 0.5) is 0 Å². The van der Waals surface area contributed by atoms with E-state index in [4.69, 9.17) is 0 Å². The van der Waals surface area contributed by atoms with Crippen molar-refractivity contribution in [1.29, 1.82) is 0 Å². The van der Waals surface area contributed by atoms with Crippen LogP contribution in [0.1, 0.15) is 11.1 Å². The first-order chi connectivity index (χ1) is 10.8. The van der Waals surface area contributed by atoms with Crippen LogP contribution in [0.15, 0.2) is 72.4 Å². The Balaban J connectivity index is 1.66. The lowest BCUT2D eigenvalue weighted by molar-refractivity contribution is 0.549. The maximum Gasteiger partial charge on any atom is 0.214 e. The Kier molecular flexibility index (Phi) is 4.65. The number of tetrazole rings is 1. The molecule has 2 aromatic carbocycles. The van der Waals surface area contributed by atoms with Gasteiger partial charge in [0.1, 0.15) is 0 Å². The molecule has 0 aliphatic rings. The maximum atomic E-state index is 4.11. The van der Waals surface area contributed by atoms with Crippen molar-refractivity contribution < 1.29 is 0 Å². The Bertz CT molecular complexity index is 738. The second-order valence-corrected chi connectivity index (χ2v) is 5.87. The fourth-order valence-electron chi connectivity index (χ4n) is 2.08. The molecule has 0 bridgehead atoms. The summed E-state index contributed by atoms with van der Waals surface area (Å²) < 4.78 is 1.83. The normalized spacial score (nSPS) is 10.5. The summed E-state index contributed by atoms with van der Waals surface area (Å²) >= 11 is 1.50. The second kappa shape index (κ2) is 7.04. The highest BCUT2D eigenvalue weighted by molar-refractivity contribution is 8.08. The minimum atomic E-state index is 0.751. The summed E-state index contributed by atoms with van der Waals surface area (Å²) in [6.07, 6.45) is 0.900. The van der Waals surface area contributed by atoms with E-state index in [0.29, 0.717) is 0 Å². The van der Waals surface area contributed by atoms with Gasteiger partial charge in [-0.15, -0.1) is 5.10 Å². The third-order valence-electron chi connectivity index (χ3n) is 3.26. The zero-order valence-corrected chi connectivity index (χ0v) is 12.9. The quantitative estimate of drug-likeness (QED) is 0.652. The monoisotopic (exact) mass is 308 g/mol. The number of aryl methyl sites for hydroxylation is 2. The molecular weight excluding hydrogens is 292 g/mol. The molecule has 5 heteroatoms. The van der Waals surface area contributed by atoms with E-state index in [1.54, 1.807) is 0 Å². The fraction of sp³-hybridized carbons (Fsp3) is 0.118. The molecule has 0 saturated heterocycles. The number of hydrogen-bond acceptors (Lipinski definition) is 4. The summed E-state index contributed by atoms with van der Waals surface area (Å²) in [5.41, 5.74) is 2.36. The lowest BCUT2D eigenvalue weighted by Crippen LogP contribution is -2.05. The van der Waals surface area contributed by atoms with Crippen molar-refractivity contribution in [2.75, 3.05) is 0 Å². The van der Waals surface area contributed by atoms with Crippen molar-refractivity contribution in [3.63, 3.8) is 0 Å². The molecule has 0 N–H and O–H groups in total. The molecule has 3 aromatic rings. The highest BCUT2D eigenvalue weighted by atomic mass is 32.2. The molecule has 0 aliphatic carbocycles. The molecule has 22 heavy (non-hydrogen) atoms. The van der Waals surface area contributed by atoms with Crippen molar-refractivity contribution in [3.05, 3.63) is 78.4 Å². The first-order valence-electron chi connectivity index (χ1n) is 7.05.